The van der Waals surface area contributed by atoms with Gasteiger partial charge in [0.1, 0.15) is 6.61 Å². The molecule has 1 fully saturated rings. The first-order valence-corrected chi connectivity index (χ1v) is 14.9. The molecule has 2 heterocycles. The molecule has 41 heavy (non-hydrogen) atoms. The van der Waals surface area contributed by atoms with Gasteiger partial charge in [0, 0.05) is 31.7 Å². The van der Waals surface area contributed by atoms with Crippen LogP contribution in [-0.4, -0.2) is 73.5 Å². The molecule has 1 atom stereocenters. The van der Waals surface area contributed by atoms with Gasteiger partial charge in [0.2, 0.25) is 10.0 Å². The number of sulfonamides is 1. The Hall–Kier alpha value is -2.98. The molecule has 16 heteroatoms. The Bertz CT molecular complexity index is 1440. The van der Waals surface area contributed by atoms with E-state index in [-0.39, 0.29) is 43.0 Å². The van der Waals surface area contributed by atoms with Crippen molar-refractivity contribution in [3.63, 3.8) is 0 Å². The fourth-order valence-corrected chi connectivity index (χ4v) is 6.31. The summed E-state index contributed by atoms with van der Waals surface area (Å²) in [5.74, 6) is -0.122. The van der Waals surface area contributed by atoms with Gasteiger partial charge in [0.05, 0.1) is 29.7 Å². The van der Waals surface area contributed by atoms with Crippen LogP contribution in [0.4, 0.5) is 26.3 Å². The predicted molar refractivity (Wildman–Crippen MR) is 139 cm³/mol. The van der Waals surface area contributed by atoms with Gasteiger partial charge >= 0.3 is 12.4 Å². The molecule has 1 amide bonds. The zero-order valence-electron chi connectivity index (χ0n) is 21.8. The number of ether oxygens (including phenoxy) is 2. The average Bonchev–Trinajstić information content (AvgIpc) is 3.26. The molecule has 0 N–H and O–H groups in total. The molecule has 2 aliphatic heterocycles. The van der Waals surface area contributed by atoms with Crippen LogP contribution in [0.3, 0.4) is 0 Å². The number of benzene rings is 2. The minimum absolute atomic E-state index is 0.0528. The summed E-state index contributed by atoms with van der Waals surface area (Å²) in [6, 6.07) is 5.95. The lowest BCUT2D eigenvalue weighted by atomic mass is 10.0. The van der Waals surface area contributed by atoms with E-state index < -0.39 is 50.9 Å². The Morgan fingerprint density at radius 2 is 1.66 bits per heavy atom. The summed E-state index contributed by atoms with van der Waals surface area (Å²) in [4.78, 5) is 18.6. The molecule has 0 aliphatic carbocycles. The van der Waals surface area contributed by atoms with Crippen molar-refractivity contribution < 1.29 is 49.0 Å². The minimum atomic E-state index is -5.03. The van der Waals surface area contributed by atoms with Gasteiger partial charge in [0.15, 0.2) is 16.7 Å². The SMILES string of the molecule is COc1cc(CC2SC(N3CCN(S(C)(=O)=O)CC3)=NC2=O)ccc1OCc1ccc(C(F)(F)F)cc1C(F)(F)F. The van der Waals surface area contributed by atoms with Crippen LogP contribution >= 0.6 is 11.8 Å². The lowest BCUT2D eigenvalue weighted by Crippen LogP contribution is -2.49. The van der Waals surface area contributed by atoms with Crippen LogP contribution in [0.25, 0.3) is 0 Å². The zero-order valence-corrected chi connectivity index (χ0v) is 23.4. The van der Waals surface area contributed by atoms with Crippen molar-refractivity contribution in [2.75, 3.05) is 39.5 Å². The number of carbonyl (C=O) groups excluding carboxylic acids is 1. The first kappa shape index (κ1) is 31.0. The summed E-state index contributed by atoms with van der Waals surface area (Å²) in [5.41, 5.74) is -2.69. The molecule has 0 saturated carbocycles. The van der Waals surface area contributed by atoms with E-state index in [0.29, 0.717) is 29.9 Å². The number of thioether (sulfide) groups is 1. The third-order valence-electron chi connectivity index (χ3n) is 6.48. The number of piperazine rings is 1. The minimum Gasteiger partial charge on any atom is -0.493 e. The zero-order chi connectivity index (χ0) is 30.2. The summed E-state index contributed by atoms with van der Waals surface area (Å²) in [6.07, 6.45) is -8.56. The number of nitrogens with zero attached hydrogens (tertiary/aromatic N) is 3. The maximum absolute atomic E-state index is 13.5. The van der Waals surface area contributed by atoms with Crippen LogP contribution in [0, 0.1) is 0 Å². The Balaban J connectivity index is 1.41. The normalized spacial score (nSPS) is 18.9. The summed E-state index contributed by atoms with van der Waals surface area (Å²) >= 11 is 1.26. The van der Waals surface area contributed by atoms with E-state index >= 15 is 0 Å². The van der Waals surface area contributed by atoms with Crippen molar-refractivity contribution in [3.05, 3.63) is 58.7 Å². The van der Waals surface area contributed by atoms with Crippen molar-refractivity contribution >= 4 is 32.9 Å². The van der Waals surface area contributed by atoms with Crippen LogP contribution in [0.1, 0.15) is 22.3 Å². The number of amides is 1. The Morgan fingerprint density at radius 1 is 0.976 bits per heavy atom. The molecule has 1 saturated heterocycles. The van der Waals surface area contributed by atoms with Gasteiger partial charge in [-0.1, -0.05) is 23.9 Å². The largest absolute Gasteiger partial charge is 0.493 e. The number of hydrogen-bond donors (Lipinski definition) is 0. The highest BCUT2D eigenvalue weighted by Crippen LogP contribution is 2.38. The van der Waals surface area contributed by atoms with Crippen molar-refractivity contribution in [1.29, 1.82) is 0 Å². The van der Waals surface area contributed by atoms with Gasteiger partial charge in [-0.15, -0.1) is 0 Å². The second-order valence-corrected chi connectivity index (χ2v) is 12.5. The maximum atomic E-state index is 13.5. The van der Waals surface area contributed by atoms with Gasteiger partial charge < -0.3 is 14.4 Å². The molecule has 0 spiro atoms. The van der Waals surface area contributed by atoms with Crippen LogP contribution < -0.4 is 9.47 Å². The number of hydrogen-bond acceptors (Lipinski definition) is 7. The molecular weight excluding hydrogens is 600 g/mol. The first-order valence-electron chi connectivity index (χ1n) is 12.1. The number of carbonyl (C=O) groups is 1. The lowest BCUT2D eigenvalue weighted by molar-refractivity contribution is -0.143. The number of halogens is 6. The van der Waals surface area contributed by atoms with E-state index in [9.17, 15) is 39.6 Å². The lowest BCUT2D eigenvalue weighted by Gasteiger charge is -2.34. The number of rotatable bonds is 7. The van der Waals surface area contributed by atoms with Crippen LogP contribution in [0.15, 0.2) is 41.4 Å². The topological polar surface area (TPSA) is 88.5 Å². The molecule has 1 unspecified atom stereocenters. The maximum Gasteiger partial charge on any atom is 0.416 e. The molecule has 2 aromatic carbocycles. The van der Waals surface area contributed by atoms with Gasteiger partial charge in [-0.2, -0.15) is 35.6 Å². The van der Waals surface area contributed by atoms with Gasteiger partial charge in [0.25, 0.3) is 5.91 Å². The van der Waals surface area contributed by atoms with Crippen molar-refractivity contribution in [2.45, 2.75) is 30.6 Å². The molecule has 0 bridgehead atoms. The molecule has 224 valence electrons. The number of amidine groups is 1. The monoisotopic (exact) mass is 625 g/mol. The van der Waals surface area contributed by atoms with Crippen molar-refractivity contribution in [2.24, 2.45) is 4.99 Å². The second-order valence-electron chi connectivity index (χ2n) is 9.33. The quantitative estimate of drug-likeness (QED) is 0.421. The molecule has 0 radical (unpaired) electrons. The Morgan fingerprint density at radius 3 is 2.24 bits per heavy atom. The van der Waals surface area contributed by atoms with Gasteiger partial charge in [-0.05, 0) is 36.2 Å². The fraction of sp³-hybridized carbons (Fsp3) is 0.440. The fourth-order valence-electron chi connectivity index (χ4n) is 4.33. The standard InChI is InChI=1S/C25H25F6N3O5S2/c1-38-20-11-15(12-21-22(35)32-23(40-21)33-7-9-34(10-8-33)41(2,36)37)3-6-19(20)39-14-16-4-5-17(24(26,27)28)13-18(16)25(29,30)31/h3-6,11,13,21H,7-10,12,14H2,1-2H3. The molecular formula is C25H25F6N3O5S2. The third kappa shape index (κ3) is 7.46. The second kappa shape index (κ2) is 11.7. The van der Waals surface area contributed by atoms with E-state index in [0.717, 1.165) is 12.3 Å². The molecule has 0 aromatic heterocycles. The number of alkyl halides is 6. The van der Waals surface area contributed by atoms with E-state index in [1.807, 2.05) is 4.90 Å². The summed E-state index contributed by atoms with van der Waals surface area (Å²) in [6.45, 7) is 0.699. The van der Waals surface area contributed by atoms with E-state index in [1.54, 1.807) is 12.1 Å². The highest BCUT2D eigenvalue weighted by molar-refractivity contribution is 8.15. The summed E-state index contributed by atoms with van der Waals surface area (Å²) < 4.78 is 115. The smallest absolute Gasteiger partial charge is 0.416 e. The third-order valence-corrected chi connectivity index (χ3v) is 9.00. The number of methoxy groups -OCH3 is 1. The Kier molecular flexibility index (Phi) is 8.85. The van der Waals surface area contributed by atoms with Crippen molar-refractivity contribution in [1.82, 2.24) is 9.21 Å². The highest BCUT2D eigenvalue weighted by Gasteiger charge is 2.38. The predicted octanol–water partition coefficient (Wildman–Crippen LogP) is 4.43. The van der Waals surface area contributed by atoms with E-state index in [2.05, 4.69) is 4.99 Å². The highest BCUT2D eigenvalue weighted by atomic mass is 32.2. The molecule has 2 aromatic rings. The van der Waals surface area contributed by atoms with Crippen LogP contribution in [-0.2, 0) is 40.2 Å². The summed E-state index contributed by atoms with van der Waals surface area (Å²) in [7, 11) is -1.98. The Labute approximate surface area is 236 Å². The van der Waals surface area contributed by atoms with E-state index in [4.69, 9.17) is 9.47 Å². The van der Waals surface area contributed by atoms with Gasteiger partial charge in [-0.3, -0.25) is 4.79 Å². The first-order chi connectivity index (χ1) is 19.1. The molecule has 8 nitrogen and oxygen atoms in total. The average molecular weight is 626 g/mol. The van der Waals surface area contributed by atoms with Gasteiger partial charge in [-0.25, -0.2) is 8.42 Å². The van der Waals surface area contributed by atoms with Crippen molar-refractivity contribution in [3.8, 4) is 11.5 Å². The number of aliphatic imine (C=N–C) groups is 1. The van der Waals surface area contributed by atoms with Crippen LogP contribution in [0.5, 0.6) is 11.5 Å². The molecule has 4 rings (SSSR count). The van der Waals surface area contributed by atoms with Crippen LogP contribution in [0.2, 0.25) is 0 Å². The molecule has 2 aliphatic rings. The summed E-state index contributed by atoms with van der Waals surface area (Å²) in [5, 5.41) is -0.0343. The van der Waals surface area contributed by atoms with E-state index in [1.165, 1.54) is 29.2 Å².